The van der Waals surface area contributed by atoms with Crippen molar-refractivity contribution in [2.24, 2.45) is 0 Å². The van der Waals surface area contributed by atoms with Gasteiger partial charge in [-0.15, -0.1) is 11.3 Å². The zero-order valence-corrected chi connectivity index (χ0v) is 14.2. The average Bonchev–Trinajstić information content (AvgIpc) is 2.81. The van der Waals surface area contributed by atoms with Crippen molar-refractivity contribution in [3.63, 3.8) is 0 Å². The van der Waals surface area contributed by atoms with Crippen LogP contribution >= 0.6 is 11.3 Å². The summed E-state index contributed by atoms with van der Waals surface area (Å²) in [5, 5.41) is 10.1. The second kappa shape index (κ2) is 5.31. The van der Waals surface area contributed by atoms with E-state index in [2.05, 4.69) is 24.8 Å². The Bertz CT molecular complexity index is 673. The minimum atomic E-state index is -0.509. The summed E-state index contributed by atoms with van der Waals surface area (Å²) in [5.41, 5.74) is 5.71. The highest BCUT2D eigenvalue weighted by Crippen LogP contribution is 2.45. The van der Waals surface area contributed by atoms with Crippen molar-refractivity contribution in [1.82, 2.24) is 4.90 Å². The van der Waals surface area contributed by atoms with Crippen LogP contribution in [0.5, 0.6) is 0 Å². The van der Waals surface area contributed by atoms with Crippen LogP contribution in [0.1, 0.15) is 33.3 Å². The molecule has 3 aliphatic rings. The zero-order valence-electron chi connectivity index (χ0n) is 13.4. The molecule has 1 N–H and O–H groups in total. The molecule has 22 heavy (non-hydrogen) atoms. The lowest BCUT2D eigenvalue weighted by atomic mass is 9.81. The van der Waals surface area contributed by atoms with Crippen LogP contribution in [0.2, 0.25) is 0 Å². The molecule has 1 aliphatic carbocycles. The number of nitrogens with zero attached hydrogens (tertiary/aromatic N) is 1. The first-order chi connectivity index (χ1) is 10.6. The van der Waals surface area contributed by atoms with Gasteiger partial charge in [-0.3, -0.25) is 4.90 Å². The lowest BCUT2D eigenvalue weighted by Crippen LogP contribution is -2.45. The summed E-state index contributed by atoms with van der Waals surface area (Å²) in [6.45, 7) is 6.56. The number of hydrogen-bond donors (Lipinski definition) is 1. The third kappa shape index (κ3) is 2.05. The number of allylic oxidation sites excluding steroid dienone is 1. The highest BCUT2D eigenvalue weighted by molar-refractivity contribution is 7.12. The molecule has 1 aromatic rings. The van der Waals surface area contributed by atoms with E-state index in [0.717, 1.165) is 25.9 Å². The molecule has 0 saturated carbocycles. The molecule has 3 atom stereocenters. The first-order valence-electron chi connectivity index (χ1n) is 8.04. The highest BCUT2D eigenvalue weighted by atomic mass is 32.1. The summed E-state index contributed by atoms with van der Waals surface area (Å²) in [6.07, 6.45) is 5.53. The van der Waals surface area contributed by atoms with Crippen LogP contribution in [0, 0.1) is 13.8 Å². The van der Waals surface area contributed by atoms with E-state index in [0.29, 0.717) is 6.04 Å². The van der Waals surface area contributed by atoms with Crippen LogP contribution in [0.3, 0.4) is 0 Å². The van der Waals surface area contributed by atoms with E-state index in [9.17, 15) is 5.11 Å². The van der Waals surface area contributed by atoms with Crippen molar-refractivity contribution < 1.29 is 9.84 Å². The molecule has 0 radical (unpaired) electrons. The molecule has 1 aromatic heterocycles. The quantitative estimate of drug-likeness (QED) is 0.864. The lowest BCUT2D eigenvalue weighted by Gasteiger charge is -2.44. The van der Waals surface area contributed by atoms with Crippen LogP contribution < -0.4 is 0 Å². The van der Waals surface area contributed by atoms with E-state index in [1.165, 1.54) is 21.6 Å². The van der Waals surface area contributed by atoms with Crippen molar-refractivity contribution in [2.45, 2.75) is 44.9 Å². The van der Waals surface area contributed by atoms with Gasteiger partial charge in [-0.05, 0) is 49.0 Å². The minimum Gasteiger partial charge on any atom is -0.386 e. The number of fused-ring (bicyclic) bond motifs is 3. The maximum absolute atomic E-state index is 10.1. The third-order valence-electron chi connectivity index (χ3n) is 5.51. The fourth-order valence-electron chi connectivity index (χ4n) is 4.25. The molecular weight excluding hydrogens is 294 g/mol. The van der Waals surface area contributed by atoms with Crippen molar-refractivity contribution >= 4 is 11.3 Å². The highest BCUT2D eigenvalue weighted by Gasteiger charge is 2.39. The predicted octanol–water partition coefficient (Wildman–Crippen LogP) is 2.91. The molecule has 4 rings (SSSR count). The number of aliphatic hydroxyl groups excluding tert-OH is 1. The maximum Gasteiger partial charge on any atom is 0.109 e. The number of hydrogen-bond acceptors (Lipinski definition) is 4. The molecule has 3 heterocycles. The van der Waals surface area contributed by atoms with Crippen LogP contribution in [0.4, 0.5) is 0 Å². The monoisotopic (exact) mass is 317 g/mol. The Morgan fingerprint density at radius 2 is 2.18 bits per heavy atom. The Morgan fingerprint density at radius 3 is 2.95 bits per heavy atom. The summed E-state index contributed by atoms with van der Waals surface area (Å²) in [4.78, 5) is 5.64. The summed E-state index contributed by atoms with van der Waals surface area (Å²) in [5.74, 6) is 0. The zero-order chi connectivity index (χ0) is 15.4. The van der Waals surface area contributed by atoms with Crippen LogP contribution in [-0.2, 0) is 11.2 Å². The topological polar surface area (TPSA) is 32.7 Å². The number of rotatable bonds is 1. The van der Waals surface area contributed by atoms with Gasteiger partial charge in [0.2, 0.25) is 0 Å². The molecule has 4 heteroatoms. The second-order valence-electron chi connectivity index (χ2n) is 6.62. The van der Waals surface area contributed by atoms with Crippen molar-refractivity contribution in [1.29, 1.82) is 0 Å². The Hall–Kier alpha value is -0.940. The van der Waals surface area contributed by atoms with E-state index < -0.39 is 6.10 Å². The molecule has 3 nitrogen and oxygen atoms in total. The number of aliphatic hydroxyl groups is 1. The predicted molar refractivity (Wildman–Crippen MR) is 89.4 cm³/mol. The molecule has 2 aliphatic heterocycles. The van der Waals surface area contributed by atoms with Gasteiger partial charge in [-0.25, -0.2) is 0 Å². The standard InChI is InChI=1S/C18H23NO2S/c1-10-11(2)22-16-6-7-19-9-13-12(8-14(19)17(10)16)4-5-15(20)18(13)21-3/h4-5,14-15,18,20H,6-9H2,1-3H3/t14-,15?,18?/m0/s1. The molecular formula is C18H23NO2S. The molecule has 0 amide bonds. The van der Waals surface area contributed by atoms with Crippen molar-refractivity contribution in [3.8, 4) is 0 Å². The van der Waals surface area contributed by atoms with E-state index >= 15 is 0 Å². The fourth-order valence-corrected chi connectivity index (χ4v) is 5.48. The smallest absolute Gasteiger partial charge is 0.109 e. The van der Waals surface area contributed by atoms with Crippen LogP contribution in [-0.4, -0.2) is 42.4 Å². The molecule has 118 valence electrons. The number of methoxy groups -OCH3 is 1. The fraction of sp³-hybridized carbons (Fsp3) is 0.556. The summed E-state index contributed by atoms with van der Waals surface area (Å²) < 4.78 is 5.57. The largest absolute Gasteiger partial charge is 0.386 e. The lowest BCUT2D eigenvalue weighted by molar-refractivity contribution is 0.0230. The molecule has 0 saturated heterocycles. The molecule has 0 aromatic carbocycles. The first-order valence-corrected chi connectivity index (χ1v) is 8.85. The molecule has 0 bridgehead atoms. The van der Waals surface area contributed by atoms with E-state index in [1.54, 1.807) is 17.6 Å². The van der Waals surface area contributed by atoms with Crippen molar-refractivity contribution in [3.05, 3.63) is 44.2 Å². The maximum atomic E-state index is 10.1. The summed E-state index contributed by atoms with van der Waals surface area (Å²) in [6, 6.07) is 0.504. The molecule has 2 unspecified atom stereocenters. The van der Waals surface area contributed by atoms with E-state index in [4.69, 9.17) is 4.74 Å². The Morgan fingerprint density at radius 1 is 1.36 bits per heavy atom. The van der Waals surface area contributed by atoms with E-state index in [1.807, 2.05) is 17.4 Å². The Kier molecular flexibility index (Phi) is 3.53. The normalized spacial score (nSPS) is 31.0. The summed E-state index contributed by atoms with van der Waals surface area (Å²) >= 11 is 1.98. The van der Waals surface area contributed by atoms with Crippen molar-refractivity contribution in [2.75, 3.05) is 20.2 Å². The van der Waals surface area contributed by atoms with Gasteiger partial charge in [0, 0.05) is 36.0 Å². The van der Waals surface area contributed by atoms with Gasteiger partial charge in [-0.1, -0.05) is 12.2 Å². The SMILES string of the molecule is COC1C2=C(C=CC1O)C[C@H]1c3c(sc(C)c3C)CCN1C2. The number of ether oxygens (including phenoxy) is 1. The molecule has 0 fully saturated rings. The average molecular weight is 317 g/mol. The Labute approximate surface area is 135 Å². The Balaban J connectivity index is 1.74. The van der Waals surface area contributed by atoms with Gasteiger partial charge in [0.15, 0.2) is 0 Å². The van der Waals surface area contributed by atoms with E-state index in [-0.39, 0.29) is 6.10 Å². The second-order valence-corrected chi connectivity index (χ2v) is 7.93. The van der Waals surface area contributed by atoms with Gasteiger partial charge < -0.3 is 9.84 Å². The van der Waals surface area contributed by atoms with Gasteiger partial charge in [0.25, 0.3) is 0 Å². The third-order valence-corrected chi connectivity index (χ3v) is 6.79. The van der Waals surface area contributed by atoms with Gasteiger partial charge in [-0.2, -0.15) is 0 Å². The first kappa shape index (κ1) is 14.6. The number of thiophene rings is 1. The minimum absolute atomic E-state index is 0.173. The van der Waals surface area contributed by atoms with Gasteiger partial charge in [0.05, 0.1) is 0 Å². The van der Waals surface area contributed by atoms with Crippen LogP contribution in [0.15, 0.2) is 23.3 Å². The van der Waals surface area contributed by atoms with Gasteiger partial charge in [0.1, 0.15) is 12.2 Å². The summed E-state index contributed by atoms with van der Waals surface area (Å²) in [7, 11) is 1.70. The number of aryl methyl sites for hydroxylation is 1. The van der Waals surface area contributed by atoms with Crippen LogP contribution in [0.25, 0.3) is 0 Å². The molecule has 0 spiro atoms. The van der Waals surface area contributed by atoms with Gasteiger partial charge >= 0.3 is 0 Å².